The molecule has 6 nitrogen and oxygen atoms in total. The number of carbonyl (C=O) groups is 1. The fourth-order valence-electron chi connectivity index (χ4n) is 2.96. The van der Waals surface area contributed by atoms with Crippen LogP contribution in [0.25, 0.3) is 20.7 Å². The molecule has 0 aliphatic carbocycles. The quantitative estimate of drug-likeness (QED) is 0.493. The van der Waals surface area contributed by atoms with Gasteiger partial charge in [-0.25, -0.2) is 4.98 Å². The molecule has 0 unspecified atom stereocenters. The Balaban J connectivity index is 1.61. The maximum atomic E-state index is 12.5. The minimum atomic E-state index is -0.307. The van der Waals surface area contributed by atoms with E-state index in [4.69, 9.17) is 16.3 Å². The Kier molecular flexibility index (Phi) is 5.33. The van der Waals surface area contributed by atoms with Gasteiger partial charge in [0.05, 0.1) is 24.7 Å². The van der Waals surface area contributed by atoms with E-state index in [0.29, 0.717) is 32.5 Å². The molecule has 2 heterocycles. The maximum absolute atomic E-state index is 12.5. The number of aromatic amines is 1. The van der Waals surface area contributed by atoms with Crippen LogP contribution in [0.15, 0.2) is 59.4 Å². The van der Waals surface area contributed by atoms with Gasteiger partial charge in [-0.3, -0.25) is 9.59 Å². The number of aromatic nitrogens is 2. The highest BCUT2D eigenvalue weighted by Gasteiger charge is 2.14. The number of fused-ring (bicyclic) bond motifs is 1. The lowest BCUT2D eigenvalue weighted by atomic mass is 10.2. The van der Waals surface area contributed by atoms with Gasteiger partial charge in [-0.1, -0.05) is 41.9 Å². The predicted molar refractivity (Wildman–Crippen MR) is 116 cm³/mol. The van der Waals surface area contributed by atoms with Gasteiger partial charge in [-0.2, -0.15) is 0 Å². The highest BCUT2D eigenvalue weighted by Crippen LogP contribution is 2.35. The van der Waals surface area contributed by atoms with E-state index in [2.05, 4.69) is 15.3 Å². The largest absolute Gasteiger partial charge is 0.495 e. The van der Waals surface area contributed by atoms with Crippen molar-refractivity contribution < 1.29 is 9.53 Å². The second-order valence-electron chi connectivity index (χ2n) is 6.24. The van der Waals surface area contributed by atoms with Crippen LogP contribution in [0.3, 0.4) is 0 Å². The summed E-state index contributed by atoms with van der Waals surface area (Å²) in [6.45, 7) is 0. The number of carbonyl (C=O) groups excluding carboxylic acids is 1. The van der Waals surface area contributed by atoms with Gasteiger partial charge in [-0.05, 0) is 24.3 Å². The maximum Gasteiger partial charge on any atom is 0.268 e. The number of hydrogen-bond donors (Lipinski definition) is 2. The summed E-state index contributed by atoms with van der Waals surface area (Å²) in [5.74, 6) is 0.539. The molecule has 1 amide bonds. The van der Waals surface area contributed by atoms with Gasteiger partial charge in [-0.15, -0.1) is 11.3 Å². The van der Waals surface area contributed by atoms with Crippen LogP contribution in [-0.4, -0.2) is 23.0 Å². The van der Waals surface area contributed by atoms with Gasteiger partial charge >= 0.3 is 0 Å². The Labute approximate surface area is 175 Å². The average Bonchev–Trinajstić information content (AvgIpc) is 3.13. The Morgan fingerprint density at radius 2 is 1.97 bits per heavy atom. The molecule has 0 saturated heterocycles. The third-order valence-corrected chi connectivity index (χ3v) is 5.77. The molecule has 2 N–H and O–H groups in total. The summed E-state index contributed by atoms with van der Waals surface area (Å²) in [5, 5.41) is 3.38. The molecule has 4 aromatic rings. The van der Waals surface area contributed by atoms with Crippen molar-refractivity contribution in [1.29, 1.82) is 0 Å². The molecule has 0 atom stereocenters. The number of benzene rings is 2. The van der Waals surface area contributed by atoms with E-state index in [1.54, 1.807) is 24.3 Å². The number of nitrogens with one attached hydrogen (secondary N) is 2. The van der Waals surface area contributed by atoms with Crippen LogP contribution < -0.4 is 15.6 Å². The minimum absolute atomic E-state index is 0.0689. The second kappa shape index (κ2) is 8.06. The van der Waals surface area contributed by atoms with Gasteiger partial charge < -0.3 is 15.0 Å². The van der Waals surface area contributed by atoms with Crippen molar-refractivity contribution in [3.63, 3.8) is 0 Å². The molecule has 0 fully saturated rings. The Hall–Kier alpha value is -3.16. The van der Waals surface area contributed by atoms with Crippen molar-refractivity contribution in [3.05, 3.63) is 75.8 Å². The van der Waals surface area contributed by atoms with Gasteiger partial charge in [0.1, 0.15) is 16.3 Å². The number of para-hydroxylation sites is 2. The molecule has 2 aromatic heterocycles. The molecular formula is C21H16ClN3O3S. The monoisotopic (exact) mass is 425 g/mol. The first kappa shape index (κ1) is 19.2. The van der Waals surface area contributed by atoms with Gasteiger partial charge in [0.15, 0.2) is 0 Å². The van der Waals surface area contributed by atoms with E-state index >= 15 is 0 Å². The van der Waals surface area contributed by atoms with Crippen LogP contribution in [0, 0.1) is 0 Å². The third kappa shape index (κ3) is 4.01. The summed E-state index contributed by atoms with van der Waals surface area (Å²) in [4.78, 5) is 32.9. The first-order valence-electron chi connectivity index (χ1n) is 8.75. The standard InChI is InChI=1S/C21H16ClN3O3S/c1-28-16-9-5-4-8-14(16)24-19(26)11-18-23-15-10-17(29-20(15)21(27)25-18)12-6-2-3-7-13(12)22/h2-10H,11H2,1H3,(H,24,26)(H,23,25,27). The average molecular weight is 426 g/mol. The molecule has 0 bridgehead atoms. The van der Waals surface area contributed by atoms with E-state index < -0.39 is 0 Å². The molecule has 146 valence electrons. The predicted octanol–water partition coefficient (Wildman–Crippen LogP) is 4.49. The highest BCUT2D eigenvalue weighted by molar-refractivity contribution is 7.22. The Morgan fingerprint density at radius 3 is 2.76 bits per heavy atom. The number of nitrogens with zero attached hydrogens (tertiary/aromatic N) is 1. The zero-order valence-corrected chi connectivity index (χ0v) is 16.9. The number of hydrogen-bond acceptors (Lipinski definition) is 5. The number of methoxy groups -OCH3 is 1. The van der Waals surface area contributed by atoms with Crippen molar-refractivity contribution >= 4 is 44.7 Å². The van der Waals surface area contributed by atoms with Crippen LogP contribution in [0.5, 0.6) is 5.75 Å². The normalized spacial score (nSPS) is 10.8. The molecule has 2 aromatic carbocycles. The summed E-state index contributed by atoms with van der Waals surface area (Å²) in [6, 6.07) is 16.3. The first-order chi connectivity index (χ1) is 14.0. The number of anilines is 1. The van der Waals surface area contributed by atoms with Crippen LogP contribution >= 0.6 is 22.9 Å². The molecule has 0 saturated carbocycles. The summed E-state index contributed by atoms with van der Waals surface area (Å²) >= 11 is 7.58. The smallest absolute Gasteiger partial charge is 0.268 e. The van der Waals surface area contributed by atoms with E-state index in [-0.39, 0.29) is 17.9 Å². The van der Waals surface area contributed by atoms with Gasteiger partial charge in [0.2, 0.25) is 5.91 Å². The van der Waals surface area contributed by atoms with Crippen LogP contribution in [-0.2, 0) is 11.2 Å². The van der Waals surface area contributed by atoms with Crippen molar-refractivity contribution in [2.24, 2.45) is 0 Å². The van der Waals surface area contributed by atoms with Crippen LogP contribution in [0.2, 0.25) is 5.02 Å². The third-order valence-electron chi connectivity index (χ3n) is 4.28. The molecule has 0 spiro atoms. The molecule has 4 rings (SSSR count). The van der Waals surface area contributed by atoms with E-state index in [1.807, 2.05) is 30.3 Å². The zero-order valence-electron chi connectivity index (χ0n) is 15.4. The number of rotatable bonds is 5. The first-order valence-corrected chi connectivity index (χ1v) is 9.95. The second-order valence-corrected chi connectivity index (χ2v) is 7.70. The number of amides is 1. The summed E-state index contributed by atoms with van der Waals surface area (Å²) < 4.78 is 5.72. The molecule has 0 aliphatic heterocycles. The summed E-state index contributed by atoms with van der Waals surface area (Å²) in [5.41, 5.74) is 1.65. The fourth-order valence-corrected chi connectivity index (χ4v) is 4.29. The molecule has 29 heavy (non-hydrogen) atoms. The van der Waals surface area contributed by atoms with E-state index in [0.717, 1.165) is 10.4 Å². The molecule has 8 heteroatoms. The number of halogens is 1. The van der Waals surface area contributed by atoms with Crippen molar-refractivity contribution in [1.82, 2.24) is 9.97 Å². The Morgan fingerprint density at radius 1 is 1.21 bits per heavy atom. The fraction of sp³-hybridized carbons (Fsp3) is 0.0952. The van der Waals surface area contributed by atoms with Crippen molar-refractivity contribution in [3.8, 4) is 16.2 Å². The number of H-pyrrole nitrogens is 1. The highest BCUT2D eigenvalue weighted by atomic mass is 35.5. The number of thiophene rings is 1. The Bertz CT molecular complexity index is 1270. The SMILES string of the molecule is COc1ccccc1NC(=O)Cc1nc2cc(-c3ccccc3Cl)sc2c(=O)[nH]1. The molecule has 0 aliphatic rings. The lowest BCUT2D eigenvalue weighted by Crippen LogP contribution is -2.19. The minimum Gasteiger partial charge on any atom is -0.495 e. The van der Waals surface area contributed by atoms with Crippen molar-refractivity contribution in [2.75, 3.05) is 12.4 Å². The van der Waals surface area contributed by atoms with Crippen LogP contribution in [0.4, 0.5) is 5.69 Å². The van der Waals surface area contributed by atoms with Crippen molar-refractivity contribution in [2.45, 2.75) is 6.42 Å². The van der Waals surface area contributed by atoms with Gasteiger partial charge in [0, 0.05) is 15.5 Å². The summed E-state index contributed by atoms with van der Waals surface area (Å²) in [7, 11) is 1.53. The number of ether oxygens (including phenoxy) is 1. The topological polar surface area (TPSA) is 84.1 Å². The van der Waals surface area contributed by atoms with Crippen LogP contribution in [0.1, 0.15) is 5.82 Å². The van der Waals surface area contributed by atoms with Gasteiger partial charge in [0.25, 0.3) is 5.56 Å². The lowest BCUT2D eigenvalue weighted by molar-refractivity contribution is -0.115. The lowest BCUT2D eigenvalue weighted by Gasteiger charge is -2.09. The molecular weight excluding hydrogens is 410 g/mol. The van der Waals surface area contributed by atoms with E-state index in [9.17, 15) is 9.59 Å². The van der Waals surface area contributed by atoms with E-state index in [1.165, 1.54) is 18.4 Å². The molecule has 0 radical (unpaired) electrons. The zero-order chi connectivity index (χ0) is 20.4. The summed E-state index contributed by atoms with van der Waals surface area (Å²) in [6.07, 6.45) is -0.0689.